The summed E-state index contributed by atoms with van der Waals surface area (Å²) < 4.78 is 0. The molecule has 3 rings (SSSR count). The molecule has 1 saturated heterocycles. The monoisotopic (exact) mass is 324 g/mol. The van der Waals surface area contributed by atoms with Crippen molar-refractivity contribution in [3.8, 4) is 0 Å². The minimum Gasteiger partial charge on any atom is -0.478 e. The molecule has 1 unspecified atom stereocenters. The first-order chi connectivity index (χ1) is 11.5. The average molecular weight is 324 g/mol. The van der Waals surface area contributed by atoms with E-state index in [4.69, 9.17) is 5.11 Å². The Labute approximate surface area is 140 Å². The van der Waals surface area contributed by atoms with Gasteiger partial charge in [-0.1, -0.05) is 37.3 Å². The Morgan fingerprint density at radius 1 is 1.21 bits per heavy atom. The van der Waals surface area contributed by atoms with Gasteiger partial charge in [-0.2, -0.15) is 0 Å². The van der Waals surface area contributed by atoms with Gasteiger partial charge in [0, 0.05) is 24.7 Å². The fraction of sp³-hybridized carbons (Fsp3) is 0.316. The smallest absolute Gasteiger partial charge is 0.335 e. The predicted molar refractivity (Wildman–Crippen MR) is 90.1 cm³/mol. The molecule has 24 heavy (non-hydrogen) atoms. The number of carbonyl (C=O) groups excluding carboxylic acids is 1. The number of nitrogens with zero attached hydrogens (tertiary/aromatic N) is 2. The number of carboxylic acids is 1. The molecule has 1 fully saturated rings. The number of carboxylic acid groups (broad SMARTS) is 1. The standard InChI is InChI=1S/C19H20N2O3/c1-19(15-6-3-2-4-7-15)9-5-11-21(13-19)17(22)16-12-14(18(23)24)8-10-20-16/h2-4,6-8,10,12H,5,9,11,13H2,1H3,(H,23,24). The molecular formula is C19H20N2O3. The highest BCUT2D eigenvalue weighted by molar-refractivity contribution is 5.95. The van der Waals surface area contributed by atoms with E-state index in [0.717, 1.165) is 12.8 Å². The highest BCUT2D eigenvalue weighted by Crippen LogP contribution is 2.34. The maximum Gasteiger partial charge on any atom is 0.335 e. The maximum atomic E-state index is 12.8. The number of amides is 1. The fourth-order valence-electron chi connectivity index (χ4n) is 3.33. The minimum absolute atomic E-state index is 0.0798. The van der Waals surface area contributed by atoms with E-state index in [1.165, 1.54) is 23.9 Å². The van der Waals surface area contributed by atoms with Crippen molar-refractivity contribution >= 4 is 11.9 Å². The Balaban J connectivity index is 1.83. The number of carbonyl (C=O) groups is 2. The number of aromatic carboxylic acids is 1. The van der Waals surface area contributed by atoms with Gasteiger partial charge in [-0.3, -0.25) is 9.78 Å². The number of hydrogen-bond acceptors (Lipinski definition) is 3. The quantitative estimate of drug-likeness (QED) is 0.942. The number of benzene rings is 1. The highest BCUT2D eigenvalue weighted by atomic mass is 16.4. The van der Waals surface area contributed by atoms with E-state index < -0.39 is 5.97 Å². The van der Waals surface area contributed by atoms with E-state index in [-0.39, 0.29) is 22.6 Å². The Kier molecular flexibility index (Phi) is 4.34. The molecule has 0 aliphatic carbocycles. The van der Waals surface area contributed by atoms with Crippen molar-refractivity contribution < 1.29 is 14.7 Å². The molecule has 0 radical (unpaired) electrons. The molecule has 0 spiro atoms. The largest absolute Gasteiger partial charge is 0.478 e. The molecule has 1 aliphatic rings. The van der Waals surface area contributed by atoms with Crippen LogP contribution in [0.3, 0.4) is 0 Å². The summed E-state index contributed by atoms with van der Waals surface area (Å²) in [6, 6.07) is 12.9. The van der Waals surface area contributed by atoms with Gasteiger partial charge in [0.05, 0.1) is 5.56 Å². The van der Waals surface area contributed by atoms with Crippen LogP contribution < -0.4 is 0 Å². The normalized spacial score (nSPS) is 20.6. The first kappa shape index (κ1) is 16.2. The lowest BCUT2D eigenvalue weighted by Gasteiger charge is -2.40. The van der Waals surface area contributed by atoms with Crippen molar-refractivity contribution in [2.45, 2.75) is 25.2 Å². The van der Waals surface area contributed by atoms with Crippen LogP contribution >= 0.6 is 0 Å². The molecular weight excluding hydrogens is 304 g/mol. The van der Waals surface area contributed by atoms with Crippen molar-refractivity contribution in [1.82, 2.24) is 9.88 Å². The second kappa shape index (κ2) is 6.43. The number of hydrogen-bond donors (Lipinski definition) is 1. The van der Waals surface area contributed by atoms with E-state index in [9.17, 15) is 9.59 Å². The van der Waals surface area contributed by atoms with Gasteiger partial charge in [0.15, 0.2) is 0 Å². The van der Waals surface area contributed by atoms with Crippen LogP contribution in [0.2, 0.25) is 0 Å². The Morgan fingerprint density at radius 3 is 2.67 bits per heavy atom. The van der Waals surface area contributed by atoms with E-state index in [1.807, 2.05) is 18.2 Å². The van der Waals surface area contributed by atoms with Crippen LogP contribution in [0.15, 0.2) is 48.7 Å². The lowest BCUT2D eigenvalue weighted by atomic mass is 9.76. The van der Waals surface area contributed by atoms with Crippen LogP contribution in [0.25, 0.3) is 0 Å². The number of rotatable bonds is 3. The molecule has 5 heteroatoms. The molecule has 124 valence electrons. The average Bonchev–Trinajstić information content (AvgIpc) is 2.62. The first-order valence-corrected chi connectivity index (χ1v) is 8.04. The van der Waals surface area contributed by atoms with Crippen LogP contribution in [-0.4, -0.2) is 40.0 Å². The summed E-state index contributed by atoms with van der Waals surface area (Å²) in [7, 11) is 0. The summed E-state index contributed by atoms with van der Waals surface area (Å²) in [6.07, 6.45) is 3.30. The van der Waals surface area contributed by atoms with Crippen molar-refractivity contribution in [1.29, 1.82) is 0 Å². The zero-order chi connectivity index (χ0) is 17.2. The molecule has 5 nitrogen and oxygen atoms in total. The van der Waals surface area contributed by atoms with Gasteiger partial charge in [-0.25, -0.2) is 4.79 Å². The summed E-state index contributed by atoms with van der Waals surface area (Å²) in [4.78, 5) is 29.7. The zero-order valence-electron chi connectivity index (χ0n) is 13.6. The van der Waals surface area contributed by atoms with Gasteiger partial charge in [-0.05, 0) is 30.5 Å². The summed E-state index contributed by atoms with van der Waals surface area (Å²) >= 11 is 0. The third-order valence-corrected chi connectivity index (χ3v) is 4.68. The van der Waals surface area contributed by atoms with E-state index in [0.29, 0.717) is 13.1 Å². The molecule has 0 bridgehead atoms. The summed E-state index contributed by atoms with van der Waals surface area (Å²) in [5.41, 5.74) is 1.39. The summed E-state index contributed by atoms with van der Waals surface area (Å²) in [5, 5.41) is 9.08. The Hall–Kier alpha value is -2.69. The Morgan fingerprint density at radius 2 is 1.96 bits per heavy atom. The van der Waals surface area contributed by atoms with E-state index in [2.05, 4.69) is 24.0 Å². The van der Waals surface area contributed by atoms with Crippen molar-refractivity contribution in [3.63, 3.8) is 0 Å². The number of aromatic nitrogens is 1. The molecule has 1 aliphatic heterocycles. The van der Waals surface area contributed by atoms with Crippen LogP contribution in [0, 0.1) is 0 Å². The van der Waals surface area contributed by atoms with E-state index in [1.54, 1.807) is 4.90 Å². The van der Waals surface area contributed by atoms with Crippen LogP contribution in [0.4, 0.5) is 0 Å². The maximum absolute atomic E-state index is 12.8. The molecule has 1 aromatic carbocycles. The third kappa shape index (κ3) is 3.15. The second-order valence-corrected chi connectivity index (χ2v) is 6.49. The lowest BCUT2D eigenvalue weighted by Crippen LogP contribution is -2.47. The molecule has 2 aromatic rings. The van der Waals surface area contributed by atoms with Crippen molar-refractivity contribution in [2.75, 3.05) is 13.1 Å². The van der Waals surface area contributed by atoms with Gasteiger partial charge >= 0.3 is 5.97 Å². The summed E-state index contributed by atoms with van der Waals surface area (Å²) in [5.74, 6) is -1.26. The first-order valence-electron chi connectivity index (χ1n) is 8.04. The SMILES string of the molecule is CC1(c2ccccc2)CCCN(C(=O)c2cc(C(=O)O)ccn2)C1. The summed E-state index contributed by atoms with van der Waals surface area (Å²) in [6.45, 7) is 3.44. The molecule has 1 amide bonds. The van der Waals surface area contributed by atoms with Crippen LogP contribution in [-0.2, 0) is 5.41 Å². The van der Waals surface area contributed by atoms with Gasteiger partial charge in [0.1, 0.15) is 5.69 Å². The van der Waals surface area contributed by atoms with Crippen LogP contribution in [0.5, 0.6) is 0 Å². The van der Waals surface area contributed by atoms with Crippen molar-refractivity contribution in [3.05, 3.63) is 65.5 Å². The molecule has 1 aromatic heterocycles. The molecule has 0 saturated carbocycles. The Bertz CT molecular complexity index is 760. The number of pyridine rings is 1. The second-order valence-electron chi connectivity index (χ2n) is 6.49. The fourth-order valence-corrected chi connectivity index (χ4v) is 3.33. The number of likely N-dealkylation sites (tertiary alicyclic amines) is 1. The molecule has 1 atom stereocenters. The van der Waals surface area contributed by atoms with Gasteiger partial charge < -0.3 is 10.0 Å². The van der Waals surface area contributed by atoms with Gasteiger partial charge in [0.2, 0.25) is 0 Å². The van der Waals surface area contributed by atoms with Crippen LogP contribution in [0.1, 0.15) is 46.2 Å². The third-order valence-electron chi connectivity index (χ3n) is 4.68. The van der Waals surface area contributed by atoms with Gasteiger partial charge in [0.25, 0.3) is 5.91 Å². The number of piperidine rings is 1. The topological polar surface area (TPSA) is 70.5 Å². The highest BCUT2D eigenvalue weighted by Gasteiger charge is 2.35. The zero-order valence-corrected chi connectivity index (χ0v) is 13.6. The predicted octanol–water partition coefficient (Wildman–Crippen LogP) is 2.97. The van der Waals surface area contributed by atoms with Gasteiger partial charge in [-0.15, -0.1) is 0 Å². The van der Waals surface area contributed by atoms with Crippen molar-refractivity contribution in [2.24, 2.45) is 0 Å². The van der Waals surface area contributed by atoms with E-state index >= 15 is 0 Å². The molecule has 2 heterocycles. The minimum atomic E-state index is -1.06. The molecule has 1 N–H and O–H groups in total. The lowest BCUT2D eigenvalue weighted by molar-refractivity contribution is 0.0645.